The molecular formula is C17H20N4O2. The minimum Gasteiger partial charge on any atom is -0.493 e. The summed E-state index contributed by atoms with van der Waals surface area (Å²) < 4.78 is 10.7. The third-order valence-electron chi connectivity index (χ3n) is 3.84. The molecule has 0 spiro atoms. The van der Waals surface area contributed by atoms with E-state index >= 15 is 0 Å². The van der Waals surface area contributed by atoms with Crippen molar-refractivity contribution in [3.8, 4) is 22.8 Å². The Morgan fingerprint density at radius 1 is 1.09 bits per heavy atom. The number of benzene rings is 1. The van der Waals surface area contributed by atoms with Crippen LogP contribution >= 0.6 is 0 Å². The second-order valence-corrected chi connectivity index (χ2v) is 5.30. The number of pyridine rings is 1. The molecule has 0 bridgehead atoms. The largest absolute Gasteiger partial charge is 0.493 e. The average Bonchev–Trinajstić information content (AvgIpc) is 2.95. The zero-order valence-electron chi connectivity index (χ0n) is 13.7. The number of fused-ring (bicyclic) bond motifs is 1. The Kier molecular flexibility index (Phi) is 3.73. The van der Waals surface area contributed by atoms with Crippen molar-refractivity contribution in [1.29, 1.82) is 0 Å². The molecule has 23 heavy (non-hydrogen) atoms. The van der Waals surface area contributed by atoms with Crippen LogP contribution in [0.4, 0.5) is 11.5 Å². The molecule has 0 aliphatic heterocycles. The van der Waals surface area contributed by atoms with Crippen molar-refractivity contribution in [3.05, 3.63) is 30.0 Å². The van der Waals surface area contributed by atoms with E-state index in [2.05, 4.69) is 21.4 Å². The maximum absolute atomic E-state index is 6.03. The lowest BCUT2D eigenvalue weighted by atomic mass is 10.1. The van der Waals surface area contributed by atoms with Crippen LogP contribution in [0.15, 0.2) is 24.3 Å². The Bertz CT molecular complexity index is 830. The first-order chi connectivity index (χ1) is 11.1. The summed E-state index contributed by atoms with van der Waals surface area (Å²) >= 11 is 0. The Hall–Kier alpha value is -2.89. The highest BCUT2D eigenvalue weighted by Crippen LogP contribution is 2.37. The monoisotopic (exact) mass is 312 g/mol. The van der Waals surface area contributed by atoms with Gasteiger partial charge in [-0.05, 0) is 25.1 Å². The highest BCUT2D eigenvalue weighted by molar-refractivity contribution is 5.92. The van der Waals surface area contributed by atoms with Crippen LogP contribution in [0.25, 0.3) is 22.2 Å². The van der Waals surface area contributed by atoms with Crippen molar-refractivity contribution in [2.45, 2.75) is 6.92 Å². The molecule has 0 unspecified atom stereocenters. The van der Waals surface area contributed by atoms with E-state index in [0.29, 0.717) is 17.3 Å². The molecule has 1 aromatic carbocycles. The maximum Gasteiger partial charge on any atom is 0.162 e. The van der Waals surface area contributed by atoms with Crippen LogP contribution in [-0.2, 0) is 0 Å². The number of hydrogen-bond acceptors (Lipinski definition) is 5. The summed E-state index contributed by atoms with van der Waals surface area (Å²) in [5.74, 6) is 1.87. The zero-order chi connectivity index (χ0) is 16.6. The Morgan fingerprint density at radius 3 is 2.43 bits per heavy atom. The van der Waals surface area contributed by atoms with Crippen LogP contribution in [0, 0.1) is 6.92 Å². The molecule has 0 fully saturated rings. The van der Waals surface area contributed by atoms with Gasteiger partial charge in [0.1, 0.15) is 5.82 Å². The van der Waals surface area contributed by atoms with Crippen molar-refractivity contribution in [1.82, 2.24) is 9.97 Å². The number of nitrogen functional groups attached to an aromatic ring is 1. The fourth-order valence-electron chi connectivity index (χ4n) is 2.78. The number of H-pyrrole nitrogens is 1. The molecule has 0 aliphatic carbocycles. The van der Waals surface area contributed by atoms with E-state index in [-0.39, 0.29) is 0 Å². The molecule has 2 heterocycles. The van der Waals surface area contributed by atoms with Crippen molar-refractivity contribution < 1.29 is 9.47 Å². The number of anilines is 2. The number of hydrogen-bond donors (Lipinski definition) is 3. The van der Waals surface area contributed by atoms with Crippen LogP contribution < -0.4 is 20.5 Å². The summed E-state index contributed by atoms with van der Waals surface area (Å²) in [6.45, 7) is 1.92. The number of rotatable bonds is 4. The first-order valence-electron chi connectivity index (χ1n) is 7.27. The molecule has 0 aliphatic rings. The summed E-state index contributed by atoms with van der Waals surface area (Å²) in [7, 11) is 5.09. The lowest BCUT2D eigenvalue weighted by Crippen LogP contribution is -2.02. The number of aromatic amines is 1. The van der Waals surface area contributed by atoms with E-state index in [1.807, 2.05) is 32.2 Å². The highest BCUT2D eigenvalue weighted by Gasteiger charge is 2.14. The molecule has 6 nitrogen and oxygen atoms in total. The maximum atomic E-state index is 6.03. The fraction of sp³-hybridized carbons (Fsp3) is 0.235. The number of nitrogens with two attached hydrogens (primary N) is 1. The van der Waals surface area contributed by atoms with E-state index in [1.165, 1.54) is 0 Å². The molecule has 6 heteroatoms. The van der Waals surface area contributed by atoms with E-state index in [0.717, 1.165) is 33.5 Å². The standard InChI is InChI=1S/C17H20N4O2/c1-9-5-11(16(19-2)17(18)20-9)13-6-10-7-14(22-3)15(23-4)8-12(10)21-13/h5-8,19,21H,1-4H3,(H2,18,20). The van der Waals surface area contributed by atoms with Gasteiger partial charge < -0.3 is 25.5 Å². The van der Waals surface area contributed by atoms with E-state index < -0.39 is 0 Å². The van der Waals surface area contributed by atoms with Gasteiger partial charge in [-0.2, -0.15) is 0 Å². The molecule has 3 aromatic rings. The number of aryl methyl sites for hydroxylation is 1. The van der Waals surface area contributed by atoms with Crippen LogP contribution in [0.1, 0.15) is 5.69 Å². The van der Waals surface area contributed by atoms with Gasteiger partial charge in [-0.1, -0.05) is 0 Å². The summed E-state index contributed by atoms with van der Waals surface area (Å²) in [5.41, 5.74) is 10.6. The number of nitrogens with one attached hydrogen (secondary N) is 2. The summed E-state index contributed by atoms with van der Waals surface area (Å²) in [4.78, 5) is 7.71. The van der Waals surface area contributed by atoms with Gasteiger partial charge in [0.25, 0.3) is 0 Å². The Labute approximate surface area is 134 Å². The van der Waals surface area contributed by atoms with Gasteiger partial charge in [0.15, 0.2) is 11.5 Å². The number of nitrogens with zero attached hydrogens (tertiary/aromatic N) is 1. The van der Waals surface area contributed by atoms with Crippen molar-refractivity contribution in [2.24, 2.45) is 0 Å². The van der Waals surface area contributed by atoms with Gasteiger partial charge in [-0.25, -0.2) is 4.98 Å². The molecule has 0 radical (unpaired) electrons. The predicted octanol–water partition coefficient (Wildman–Crippen LogP) is 3.18. The van der Waals surface area contributed by atoms with E-state index in [4.69, 9.17) is 15.2 Å². The smallest absolute Gasteiger partial charge is 0.162 e. The molecule has 3 rings (SSSR count). The lowest BCUT2D eigenvalue weighted by molar-refractivity contribution is 0.356. The van der Waals surface area contributed by atoms with Gasteiger partial charge in [0.05, 0.1) is 19.9 Å². The summed E-state index contributed by atoms with van der Waals surface area (Å²) in [5, 5.41) is 4.16. The van der Waals surface area contributed by atoms with Crippen LogP contribution in [-0.4, -0.2) is 31.2 Å². The molecule has 120 valence electrons. The van der Waals surface area contributed by atoms with Crippen LogP contribution in [0.3, 0.4) is 0 Å². The van der Waals surface area contributed by atoms with Gasteiger partial charge >= 0.3 is 0 Å². The zero-order valence-corrected chi connectivity index (χ0v) is 13.7. The minimum absolute atomic E-state index is 0.483. The molecule has 0 atom stereocenters. The van der Waals surface area contributed by atoms with Crippen LogP contribution in [0.5, 0.6) is 11.5 Å². The predicted molar refractivity (Wildman–Crippen MR) is 93.3 cm³/mol. The third-order valence-corrected chi connectivity index (χ3v) is 3.84. The highest BCUT2D eigenvalue weighted by atomic mass is 16.5. The summed E-state index contributed by atoms with van der Waals surface area (Å²) in [6, 6.07) is 7.94. The normalized spacial score (nSPS) is 10.8. The first kappa shape index (κ1) is 15.0. The third kappa shape index (κ3) is 2.52. The summed E-state index contributed by atoms with van der Waals surface area (Å²) in [6.07, 6.45) is 0. The topological polar surface area (TPSA) is 85.2 Å². The minimum atomic E-state index is 0.483. The fourth-order valence-corrected chi connectivity index (χ4v) is 2.78. The number of ether oxygens (including phenoxy) is 2. The SMILES string of the molecule is CNc1c(-c2cc3cc(OC)c(OC)cc3[nH]2)cc(C)nc1N. The molecule has 2 aromatic heterocycles. The van der Waals surface area contributed by atoms with Gasteiger partial charge in [0, 0.05) is 41.0 Å². The van der Waals surface area contributed by atoms with Crippen LogP contribution in [0.2, 0.25) is 0 Å². The number of methoxy groups -OCH3 is 2. The molecule has 4 N–H and O–H groups in total. The second kappa shape index (κ2) is 5.72. The van der Waals surface area contributed by atoms with E-state index in [1.54, 1.807) is 14.2 Å². The first-order valence-corrected chi connectivity index (χ1v) is 7.27. The Balaban J connectivity index is 2.22. The Morgan fingerprint density at radius 2 is 1.78 bits per heavy atom. The van der Waals surface area contributed by atoms with Crippen molar-refractivity contribution >= 4 is 22.4 Å². The van der Waals surface area contributed by atoms with E-state index in [9.17, 15) is 0 Å². The van der Waals surface area contributed by atoms with Gasteiger partial charge in [-0.15, -0.1) is 0 Å². The van der Waals surface area contributed by atoms with Gasteiger partial charge in [0.2, 0.25) is 0 Å². The molecule has 0 saturated heterocycles. The van der Waals surface area contributed by atoms with Gasteiger partial charge in [-0.3, -0.25) is 0 Å². The van der Waals surface area contributed by atoms with Crippen molar-refractivity contribution in [2.75, 3.05) is 32.3 Å². The van der Waals surface area contributed by atoms with Crippen molar-refractivity contribution in [3.63, 3.8) is 0 Å². The lowest BCUT2D eigenvalue weighted by Gasteiger charge is -2.11. The second-order valence-electron chi connectivity index (χ2n) is 5.30. The molecule has 0 saturated carbocycles. The molecule has 0 amide bonds. The average molecular weight is 312 g/mol. The quantitative estimate of drug-likeness (QED) is 0.689. The molecular weight excluding hydrogens is 292 g/mol. The number of aromatic nitrogens is 2.